The van der Waals surface area contributed by atoms with E-state index in [4.69, 9.17) is 23.2 Å². The van der Waals surface area contributed by atoms with Crippen molar-refractivity contribution in [3.05, 3.63) is 93.5 Å². The third-order valence-corrected chi connectivity index (χ3v) is 10.2. The standard InChI is InChI=1S/C32H37Cl2N3O4S/c1-4-30(32(39)35-26-10-8-9-11-26)36(20-24-15-16-25(33)19-29(24)34)31(38)21-37(27-17-14-22(2)23(3)18-27)42(40,41)28-12-6-5-7-13-28/h5-7,12-19,26,30H,4,8-11,20-21H2,1-3H3,(H,35,39). The fraction of sp³-hybridized carbons (Fsp3) is 0.375. The van der Waals surface area contributed by atoms with E-state index >= 15 is 0 Å². The Balaban J connectivity index is 1.74. The number of rotatable bonds is 11. The van der Waals surface area contributed by atoms with Gasteiger partial charge in [0.1, 0.15) is 12.6 Å². The summed E-state index contributed by atoms with van der Waals surface area (Å²) in [5.74, 6) is -0.779. The van der Waals surface area contributed by atoms with Gasteiger partial charge in [0.05, 0.1) is 10.6 Å². The molecule has 1 fully saturated rings. The van der Waals surface area contributed by atoms with Crippen LogP contribution in [0.4, 0.5) is 5.69 Å². The summed E-state index contributed by atoms with van der Waals surface area (Å²) < 4.78 is 29.1. The Morgan fingerprint density at radius 1 is 0.952 bits per heavy atom. The lowest BCUT2D eigenvalue weighted by atomic mass is 10.1. The first-order chi connectivity index (χ1) is 20.0. The summed E-state index contributed by atoms with van der Waals surface area (Å²) in [6.45, 7) is 5.18. The second-order valence-corrected chi connectivity index (χ2v) is 13.5. The van der Waals surface area contributed by atoms with Gasteiger partial charge in [0.25, 0.3) is 10.0 Å². The molecule has 1 aliphatic carbocycles. The molecular formula is C32H37Cl2N3O4S. The summed E-state index contributed by atoms with van der Waals surface area (Å²) in [5, 5.41) is 3.91. The van der Waals surface area contributed by atoms with Gasteiger partial charge >= 0.3 is 0 Å². The number of hydrogen-bond acceptors (Lipinski definition) is 4. The van der Waals surface area contributed by atoms with Gasteiger partial charge in [0.2, 0.25) is 11.8 Å². The largest absolute Gasteiger partial charge is 0.352 e. The molecule has 1 unspecified atom stereocenters. The monoisotopic (exact) mass is 629 g/mol. The molecule has 0 saturated heterocycles. The Hall–Kier alpha value is -3.07. The molecule has 0 aromatic heterocycles. The number of aryl methyl sites for hydroxylation is 2. The average molecular weight is 631 g/mol. The number of nitrogens with one attached hydrogen (secondary N) is 1. The van der Waals surface area contributed by atoms with Gasteiger partial charge in [-0.25, -0.2) is 8.42 Å². The van der Waals surface area contributed by atoms with E-state index in [-0.39, 0.29) is 23.4 Å². The smallest absolute Gasteiger partial charge is 0.264 e. The molecule has 1 N–H and O–H groups in total. The minimum absolute atomic E-state index is 0.0115. The zero-order valence-electron chi connectivity index (χ0n) is 24.1. The molecule has 1 saturated carbocycles. The van der Waals surface area contributed by atoms with E-state index in [2.05, 4.69) is 5.32 Å². The van der Waals surface area contributed by atoms with Crippen molar-refractivity contribution in [3.63, 3.8) is 0 Å². The van der Waals surface area contributed by atoms with E-state index in [1.165, 1.54) is 17.0 Å². The minimum atomic E-state index is -4.13. The summed E-state index contributed by atoms with van der Waals surface area (Å²) in [5.41, 5.74) is 2.85. The van der Waals surface area contributed by atoms with E-state index in [1.807, 2.05) is 26.8 Å². The lowest BCUT2D eigenvalue weighted by Crippen LogP contribution is -2.53. The Morgan fingerprint density at radius 2 is 1.64 bits per heavy atom. The Morgan fingerprint density at radius 3 is 2.26 bits per heavy atom. The predicted octanol–water partition coefficient (Wildman–Crippen LogP) is 6.67. The van der Waals surface area contributed by atoms with Crippen LogP contribution in [0.25, 0.3) is 0 Å². The third-order valence-electron chi connectivity index (χ3n) is 7.83. The number of anilines is 1. The number of benzene rings is 3. The molecular weight excluding hydrogens is 593 g/mol. The van der Waals surface area contributed by atoms with Crippen molar-refractivity contribution < 1.29 is 18.0 Å². The molecule has 4 rings (SSSR count). The van der Waals surface area contributed by atoms with Crippen LogP contribution < -0.4 is 9.62 Å². The molecule has 10 heteroatoms. The first kappa shape index (κ1) is 31.9. The highest BCUT2D eigenvalue weighted by atomic mass is 35.5. The topological polar surface area (TPSA) is 86.8 Å². The second-order valence-electron chi connectivity index (χ2n) is 10.8. The van der Waals surface area contributed by atoms with Crippen LogP contribution >= 0.6 is 23.2 Å². The molecule has 3 aromatic rings. The highest BCUT2D eigenvalue weighted by molar-refractivity contribution is 7.92. The average Bonchev–Trinajstić information content (AvgIpc) is 3.47. The molecule has 0 heterocycles. The van der Waals surface area contributed by atoms with Crippen LogP contribution in [0, 0.1) is 13.8 Å². The summed E-state index contributed by atoms with van der Waals surface area (Å²) in [7, 11) is -4.13. The van der Waals surface area contributed by atoms with Crippen LogP contribution in [0.15, 0.2) is 71.6 Å². The zero-order chi connectivity index (χ0) is 30.4. The maximum absolute atomic E-state index is 14.3. The van der Waals surface area contributed by atoms with Gasteiger partial charge in [-0.15, -0.1) is 0 Å². The maximum Gasteiger partial charge on any atom is 0.264 e. The molecule has 0 aliphatic heterocycles. The lowest BCUT2D eigenvalue weighted by Gasteiger charge is -2.34. The van der Waals surface area contributed by atoms with Crippen molar-refractivity contribution in [2.75, 3.05) is 10.8 Å². The minimum Gasteiger partial charge on any atom is -0.352 e. The van der Waals surface area contributed by atoms with Crippen molar-refractivity contribution >= 4 is 50.7 Å². The van der Waals surface area contributed by atoms with Gasteiger partial charge < -0.3 is 10.2 Å². The molecule has 7 nitrogen and oxygen atoms in total. The predicted molar refractivity (Wildman–Crippen MR) is 168 cm³/mol. The lowest BCUT2D eigenvalue weighted by molar-refractivity contribution is -0.140. The van der Waals surface area contributed by atoms with Crippen LogP contribution in [0.1, 0.15) is 55.7 Å². The molecule has 0 bridgehead atoms. The van der Waals surface area contributed by atoms with Gasteiger partial charge in [-0.2, -0.15) is 0 Å². The van der Waals surface area contributed by atoms with Gasteiger partial charge in [-0.05, 0) is 86.2 Å². The normalized spacial score (nSPS) is 14.4. The summed E-state index contributed by atoms with van der Waals surface area (Å²) >= 11 is 12.6. The van der Waals surface area contributed by atoms with Crippen molar-refractivity contribution in [3.8, 4) is 0 Å². The molecule has 42 heavy (non-hydrogen) atoms. The number of carbonyl (C=O) groups is 2. The fourth-order valence-electron chi connectivity index (χ4n) is 5.25. The number of nitrogens with zero attached hydrogens (tertiary/aromatic N) is 2. The number of amides is 2. The Kier molecular flexibility index (Phi) is 10.6. The quantitative estimate of drug-likeness (QED) is 0.256. The van der Waals surface area contributed by atoms with Crippen molar-refractivity contribution in [2.24, 2.45) is 0 Å². The van der Waals surface area contributed by atoms with Gasteiger partial charge in [0.15, 0.2) is 0 Å². The third kappa shape index (κ3) is 7.46. The number of hydrogen-bond donors (Lipinski definition) is 1. The zero-order valence-corrected chi connectivity index (χ0v) is 26.5. The van der Waals surface area contributed by atoms with Crippen molar-refractivity contribution in [2.45, 2.75) is 76.4 Å². The highest BCUT2D eigenvalue weighted by Gasteiger charge is 2.35. The molecule has 1 atom stereocenters. The van der Waals surface area contributed by atoms with Crippen LogP contribution in [-0.4, -0.2) is 43.8 Å². The Labute approximate surface area is 258 Å². The summed E-state index contributed by atoms with van der Waals surface area (Å²) in [4.78, 5) is 29.3. The first-order valence-electron chi connectivity index (χ1n) is 14.2. The van der Waals surface area contributed by atoms with Crippen LogP contribution in [-0.2, 0) is 26.2 Å². The van der Waals surface area contributed by atoms with Crippen molar-refractivity contribution in [1.29, 1.82) is 0 Å². The second kappa shape index (κ2) is 13.9. The molecule has 3 aromatic carbocycles. The summed E-state index contributed by atoms with van der Waals surface area (Å²) in [6.07, 6.45) is 4.23. The maximum atomic E-state index is 14.3. The number of halogens is 2. The highest BCUT2D eigenvalue weighted by Crippen LogP contribution is 2.28. The van der Waals surface area contributed by atoms with E-state index in [0.29, 0.717) is 27.7 Å². The summed E-state index contributed by atoms with van der Waals surface area (Å²) in [6, 6.07) is 17.5. The van der Waals surface area contributed by atoms with Crippen LogP contribution in [0.3, 0.4) is 0 Å². The molecule has 224 valence electrons. The van der Waals surface area contributed by atoms with E-state index in [9.17, 15) is 18.0 Å². The van der Waals surface area contributed by atoms with Crippen LogP contribution in [0.5, 0.6) is 0 Å². The Bertz CT molecular complexity index is 1530. The first-order valence-corrected chi connectivity index (χ1v) is 16.4. The van der Waals surface area contributed by atoms with Gasteiger partial charge in [-0.1, -0.05) is 73.3 Å². The van der Waals surface area contributed by atoms with Gasteiger partial charge in [-0.3, -0.25) is 13.9 Å². The molecule has 0 spiro atoms. The molecule has 0 radical (unpaired) electrons. The molecule has 2 amide bonds. The van der Waals surface area contributed by atoms with Crippen molar-refractivity contribution in [1.82, 2.24) is 10.2 Å². The van der Waals surface area contributed by atoms with Gasteiger partial charge in [0, 0.05) is 22.6 Å². The SMILES string of the molecule is CCC(C(=O)NC1CCCC1)N(Cc1ccc(Cl)cc1Cl)C(=O)CN(c1ccc(C)c(C)c1)S(=O)(=O)c1ccccc1. The van der Waals surface area contributed by atoms with E-state index in [0.717, 1.165) is 41.1 Å². The number of sulfonamides is 1. The fourth-order valence-corrected chi connectivity index (χ4v) is 7.14. The molecule has 1 aliphatic rings. The van der Waals surface area contributed by atoms with E-state index in [1.54, 1.807) is 48.5 Å². The van der Waals surface area contributed by atoms with E-state index < -0.39 is 28.5 Å². The number of carbonyl (C=O) groups excluding carboxylic acids is 2. The van der Waals surface area contributed by atoms with Crippen LogP contribution in [0.2, 0.25) is 10.0 Å².